The predicted octanol–water partition coefficient (Wildman–Crippen LogP) is 1.88. The van der Waals surface area contributed by atoms with E-state index in [4.69, 9.17) is 19.2 Å². The Morgan fingerprint density at radius 1 is 1.14 bits per heavy atom. The first-order chi connectivity index (χ1) is 13.8. The highest BCUT2D eigenvalue weighted by atomic mass is 16.5. The first kappa shape index (κ1) is 22.5. The van der Waals surface area contributed by atoms with Gasteiger partial charge in [-0.3, -0.25) is 4.90 Å². The molecule has 0 saturated carbocycles. The topological polar surface area (TPSA) is 67.4 Å². The molecule has 0 atom stereocenters. The van der Waals surface area contributed by atoms with Crippen LogP contribution in [0.5, 0.6) is 5.75 Å². The summed E-state index contributed by atoms with van der Waals surface area (Å²) in [6.45, 7) is 13.0. The minimum atomic E-state index is 0.578. The van der Waals surface area contributed by atoms with Gasteiger partial charge in [-0.25, -0.2) is 4.99 Å². The molecular weight excluding hydrogens is 356 g/mol. The molecule has 0 spiro atoms. The first-order valence-electron chi connectivity index (χ1n) is 10.4. The zero-order chi connectivity index (χ0) is 19.9. The summed E-state index contributed by atoms with van der Waals surface area (Å²) in [6.07, 6.45) is 0.958. The molecule has 0 bridgehead atoms. The van der Waals surface area contributed by atoms with Crippen LogP contribution < -0.4 is 15.4 Å². The molecule has 0 aromatic heterocycles. The van der Waals surface area contributed by atoms with Crippen LogP contribution in [0.3, 0.4) is 0 Å². The Balaban J connectivity index is 1.82. The van der Waals surface area contributed by atoms with Gasteiger partial charge in [-0.15, -0.1) is 0 Å². The van der Waals surface area contributed by atoms with Crippen LogP contribution in [0.25, 0.3) is 0 Å². The van der Waals surface area contributed by atoms with Crippen molar-refractivity contribution in [2.75, 3.05) is 65.8 Å². The van der Waals surface area contributed by atoms with Crippen molar-refractivity contribution >= 4 is 5.96 Å². The molecule has 1 aromatic carbocycles. The molecule has 1 fully saturated rings. The molecule has 28 heavy (non-hydrogen) atoms. The summed E-state index contributed by atoms with van der Waals surface area (Å²) in [6, 6.07) is 8.13. The maximum absolute atomic E-state index is 6.05. The molecule has 0 aliphatic carbocycles. The number of aliphatic imine (C=N–C) groups is 1. The summed E-state index contributed by atoms with van der Waals surface area (Å²) in [4.78, 5) is 7.08. The van der Waals surface area contributed by atoms with Gasteiger partial charge in [0.1, 0.15) is 12.4 Å². The fourth-order valence-electron chi connectivity index (χ4n) is 2.92. The van der Waals surface area contributed by atoms with E-state index in [0.29, 0.717) is 13.2 Å². The van der Waals surface area contributed by atoms with Crippen LogP contribution >= 0.6 is 0 Å². The van der Waals surface area contributed by atoms with E-state index in [0.717, 1.165) is 82.8 Å². The lowest BCUT2D eigenvalue weighted by Crippen LogP contribution is -2.38. The number of benzene rings is 1. The standard InChI is InChI=1S/C21H36N4O3/c1-3-22-21(23-10-7-14-26-4-2)24-18-19-8-5-6-9-20(19)28-17-13-25-11-15-27-16-12-25/h5-6,8-9H,3-4,7,10-18H2,1-2H3,(H2,22,23,24). The lowest BCUT2D eigenvalue weighted by atomic mass is 10.2. The fourth-order valence-corrected chi connectivity index (χ4v) is 2.92. The van der Waals surface area contributed by atoms with Crippen LogP contribution in [0.1, 0.15) is 25.8 Å². The number of nitrogens with one attached hydrogen (secondary N) is 2. The van der Waals surface area contributed by atoms with Crippen LogP contribution in [0, 0.1) is 0 Å². The summed E-state index contributed by atoms with van der Waals surface area (Å²) < 4.78 is 16.8. The third-order valence-electron chi connectivity index (χ3n) is 4.46. The van der Waals surface area contributed by atoms with Gasteiger partial charge in [0.15, 0.2) is 5.96 Å². The Morgan fingerprint density at radius 3 is 2.75 bits per heavy atom. The highest BCUT2D eigenvalue weighted by Gasteiger charge is 2.10. The Morgan fingerprint density at radius 2 is 1.96 bits per heavy atom. The number of rotatable bonds is 12. The number of nitrogens with zero attached hydrogens (tertiary/aromatic N) is 2. The molecule has 7 heteroatoms. The van der Waals surface area contributed by atoms with Gasteiger partial charge in [0.05, 0.1) is 19.8 Å². The normalized spacial score (nSPS) is 15.4. The van der Waals surface area contributed by atoms with Crippen molar-refractivity contribution in [2.24, 2.45) is 4.99 Å². The molecule has 0 unspecified atom stereocenters. The SMILES string of the molecule is CCNC(=NCc1ccccc1OCCN1CCOCC1)NCCCOCC. The van der Waals surface area contributed by atoms with Gasteiger partial charge in [-0.1, -0.05) is 18.2 Å². The van der Waals surface area contributed by atoms with Crippen molar-refractivity contribution in [1.82, 2.24) is 15.5 Å². The molecule has 2 N–H and O–H groups in total. The second-order valence-electron chi connectivity index (χ2n) is 6.58. The van der Waals surface area contributed by atoms with E-state index in [2.05, 4.69) is 28.5 Å². The maximum Gasteiger partial charge on any atom is 0.191 e. The highest BCUT2D eigenvalue weighted by molar-refractivity contribution is 5.79. The zero-order valence-electron chi connectivity index (χ0n) is 17.4. The van der Waals surface area contributed by atoms with Crippen molar-refractivity contribution < 1.29 is 14.2 Å². The van der Waals surface area contributed by atoms with Crippen molar-refractivity contribution in [3.8, 4) is 5.75 Å². The third kappa shape index (κ3) is 8.91. The summed E-state index contributed by atoms with van der Waals surface area (Å²) >= 11 is 0. The smallest absolute Gasteiger partial charge is 0.191 e. The number of para-hydroxylation sites is 1. The van der Waals surface area contributed by atoms with Crippen molar-refractivity contribution in [3.05, 3.63) is 29.8 Å². The van der Waals surface area contributed by atoms with Gasteiger partial charge in [0.25, 0.3) is 0 Å². The number of ether oxygens (including phenoxy) is 3. The Labute approximate surface area is 169 Å². The number of hydrogen-bond donors (Lipinski definition) is 2. The third-order valence-corrected chi connectivity index (χ3v) is 4.46. The second-order valence-corrected chi connectivity index (χ2v) is 6.58. The maximum atomic E-state index is 6.05. The highest BCUT2D eigenvalue weighted by Crippen LogP contribution is 2.19. The number of morpholine rings is 1. The van der Waals surface area contributed by atoms with Crippen molar-refractivity contribution in [1.29, 1.82) is 0 Å². The quantitative estimate of drug-likeness (QED) is 0.322. The molecule has 158 valence electrons. The average molecular weight is 393 g/mol. The van der Waals surface area contributed by atoms with Crippen LogP contribution in [-0.2, 0) is 16.0 Å². The Hall–Kier alpha value is -1.83. The monoisotopic (exact) mass is 392 g/mol. The molecule has 0 amide bonds. The van der Waals surface area contributed by atoms with Gasteiger partial charge in [0.2, 0.25) is 0 Å². The average Bonchev–Trinajstić information content (AvgIpc) is 2.73. The van der Waals surface area contributed by atoms with Crippen LogP contribution in [0.4, 0.5) is 0 Å². The molecule has 7 nitrogen and oxygen atoms in total. The van der Waals surface area contributed by atoms with Gasteiger partial charge < -0.3 is 24.8 Å². The fraction of sp³-hybridized carbons (Fsp3) is 0.667. The molecule has 1 aromatic rings. The predicted molar refractivity (Wildman–Crippen MR) is 113 cm³/mol. The minimum Gasteiger partial charge on any atom is -0.492 e. The number of hydrogen-bond acceptors (Lipinski definition) is 5. The van der Waals surface area contributed by atoms with Gasteiger partial charge >= 0.3 is 0 Å². The Bertz CT molecular complexity index is 562. The summed E-state index contributed by atoms with van der Waals surface area (Å²) in [7, 11) is 0. The van der Waals surface area contributed by atoms with E-state index in [1.807, 2.05) is 25.1 Å². The van der Waals surface area contributed by atoms with Gasteiger partial charge in [-0.05, 0) is 26.3 Å². The van der Waals surface area contributed by atoms with Crippen molar-refractivity contribution in [2.45, 2.75) is 26.8 Å². The Kier molecular flexibility index (Phi) is 11.4. The molecule has 1 aliphatic rings. The second kappa shape index (κ2) is 14.2. The van der Waals surface area contributed by atoms with E-state index in [-0.39, 0.29) is 0 Å². The van der Waals surface area contributed by atoms with E-state index in [1.165, 1.54) is 0 Å². The van der Waals surface area contributed by atoms with E-state index in [9.17, 15) is 0 Å². The lowest BCUT2D eigenvalue weighted by molar-refractivity contribution is 0.0322. The molecular formula is C21H36N4O3. The van der Waals surface area contributed by atoms with E-state index in [1.54, 1.807) is 0 Å². The molecule has 2 rings (SSSR count). The first-order valence-corrected chi connectivity index (χ1v) is 10.4. The summed E-state index contributed by atoms with van der Waals surface area (Å²) in [5, 5.41) is 6.64. The summed E-state index contributed by atoms with van der Waals surface area (Å²) in [5.41, 5.74) is 1.09. The largest absolute Gasteiger partial charge is 0.492 e. The van der Waals surface area contributed by atoms with Crippen LogP contribution in [0.2, 0.25) is 0 Å². The zero-order valence-corrected chi connectivity index (χ0v) is 17.4. The summed E-state index contributed by atoms with van der Waals surface area (Å²) in [5.74, 6) is 1.73. The van der Waals surface area contributed by atoms with E-state index >= 15 is 0 Å². The minimum absolute atomic E-state index is 0.578. The van der Waals surface area contributed by atoms with Gasteiger partial charge in [0, 0.05) is 51.5 Å². The van der Waals surface area contributed by atoms with Gasteiger partial charge in [-0.2, -0.15) is 0 Å². The molecule has 1 heterocycles. The lowest BCUT2D eigenvalue weighted by Gasteiger charge is -2.26. The number of guanidine groups is 1. The van der Waals surface area contributed by atoms with Crippen LogP contribution in [0.15, 0.2) is 29.3 Å². The van der Waals surface area contributed by atoms with E-state index < -0.39 is 0 Å². The van der Waals surface area contributed by atoms with Crippen LogP contribution in [-0.4, -0.2) is 76.6 Å². The van der Waals surface area contributed by atoms with Crippen molar-refractivity contribution in [3.63, 3.8) is 0 Å². The molecule has 1 aliphatic heterocycles. The molecule has 1 saturated heterocycles. The molecule has 0 radical (unpaired) electrons.